The fourth-order valence-corrected chi connectivity index (χ4v) is 7.56. The fourth-order valence-electron chi connectivity index (χ4n) is 5.95. The van der Waals surface area contributed by atoms with Crippen LogP contribution in [0.15, 0.2) is 114 Å². The van der Waals surface area contributed by atoms with E-state index in [0.717, 1.165) is 53.1 Å². The largest absolute Gasteiger partial charge is 0.352 e. The van der Waals surface area contributed by atoms with Crippen LogP contribution in [0.2, 0.25) is 5.02 Å². The molecule has 7 nitrogen and oxygen atoms in total. The number of benzene rings is 4. The van der Waals surface area contributed by atoms with Gasteiger partial charge in [-0.15, -0.1) is 0 Å². The van der Waals surface area contributed by atoms with Gasteiger partial charge in [-0.25, -0.2) is 8.42 Å². The van der Waals surface area contributed by atoms with Crippen molar-refractivity contribution >= 4 is 39.1 Å². The van der Waals surface area contributed by atoms with Crippen molar-refractivity contribution < 1.29 is 18.0 Å². The zero-order valence-electron chi connectivity index (χ0n) is 26.0. The second-order valence-electron chi connectivity index (χ2n) is 11.8. The summed E-state index contributed by atoms with van der Waals surface area (Å²) in [5.41, 5.74) is 3.00. The van der Waals surface area contributed by atoms with E-state index in [9.17, 15) is 18.0 Å². The number of rotatable bonds is 12. The summed E-state index contributed by atoms with van der Waals surface area (Å²) in [5, 5.41) is 3.58. The molecule has 0 radical (unpaired) electrons. The molecule has 1 saturated carbocycles. The first-order valence-corrected chi connectivity index (χ1v) is 17.6. The minimum Gasteiger partial charge on any atom is -0.352 e. The summed E-state index contributed by atoms with van der Waals surface area (Å²) in [5.74, 6) is -0.736. The Morgan fingerprint density at radius 2 is 1.50 bits per heavy atom. The lowest BCUT2D eigenvalue weighted by Gasteiger charge is -2.35. The summed E-state index contributed by atoms with van der Waals surface area (Å²) in [7, 11) is -4.18. The molecular weight excluding hydrogens is 618 g/mol. The van der Waals surface area contributed by atoms with Crippen LogP contribution in [0, 0.1) is 6.92 Å². The first kappa shape index (κ1) is 33.2. The Morgan fingerprint density at radius 3 is 2.17 bits per heavy atom. The van der Waals surface area contributed by atoms with Gasteiger partial charge < -0.3 is 10.2 Å². The van der Waals surface area contributed by atoms with Crippen LogP contribution in [-0.4, -0.2) is 43.8 Å². The number of aryl methyl sites for hydroxylation is 1. The summed E-state index contributed by atoms with van der Waals surface area (Å²) in [6.07, 6.45) is 5.31. The second-order valence-corrected chi connectivity index (χ2v) is 14.1. The number of carbonyl (C=O) groups is 2. The molecule has 0 aliphatic heterocycles. The van der Waals surface area contributed by atoms with Crippen molar-refractivity contribution in [1.29, 1.82) is 0 Å². The van der Waals surface area contributed by atoms with Crippen LogP contribution in [0.25, 0.3) is 0 Å². The molecule has 1 N–H and O–H groups in total. The number of nitrogens with zero attached hydrogens (tertiary/aromatic N) is 2. The van der Waals surface area contributed by atoms with E-state index < -0.39 is 28.5 Å². The van der Waals surface area contributed by atoms with Gasteiger partial charge in [0.05, 0.1) is 10.6 Å². The van der Waals surface area contributed by atoms with Gasteiger partial charge in [-0.05, 0) is 66.8 Å². The van der Waals surface area contributed by atoms with Gasteiger partial charge in [-0.2, -0.15) is 0 Å². The van der Waals surface area contributed by atoms with Gasteiger partial charge in [-0.1, -0.05) is 110 Å². The van der Waals surface area contributed by atoms with E-state index in [1.54, 1.807) is 41.3 Å². The predicted octanol–water partition coefficient (Wildman–Crippen LogP) is 6.93. The van der Waals surface area contributed by atoms with E-state index in [2.05, 4.69) is 5.32 Å². The Bertz CT molecular complexity index is 1730. The van der Waals surface area contributed by atoms with Crippen LogP contribution in [0.4, 0.5) is 5.69 Å². The first-order chi connectivity index (χ1) is 22.2. The Morgan fingerprint density at radius 1 is 0.848 bits per heavy atom. The van der Waals surface area contributed by atoms with E-state index in [0.29, 0.717) is 5.02 Å². The van der Waals surface area contributed by atoms with E-state index in [4.69, 9.17) is 11.6 Å². The highest BCUT2D eigenvalue weighted by molar-refractivity contribution is 7.92. The second kappa shape index (κ2) is 15.4. The molecule has 240 valence electrons. The summed E-state index contributed by atoms with van der Waals surface area (Å²) in [6.45, 7) is 1.58. The smallest absolute Gasteiger partial charge is 0.264 e. The highest BCUT2D eigenvalue weighted by atomic mass is 35.5. The van der Waals surface area contributed by atoms with Crippen LogP contribution in [0.3, 0.4) is 0 Å². The van der Waals surface area contributed by atoms with Gasteiger partial charge >= 0.3 is 0 Å². The maximum Gasteiger partial charge on any atom is 0.264 e. The summed E-state index contributed by atoms with van der Waals surface area (Å²) < 4.78 is 29.3. The fraction of sp³-hybridized carbons (Fsp3) is 0.297. The molecule has 2 amide bonds. The van der Waals surface area contributed by atoms with E-state index in [-0.39, 0.29) is 35.5 Å². The van der Waals surface area contributed by atoms with E-state index in [1.807, 2.05) is 61.5 Å². The van der Waals surface area contributed by atoms with Crippen LogP contribution in [0.1, 0.15) is 48.8 Å². The molecule has 0 saturated heterocycles. The van der Waals surface area contributed by atoms with Crippen molar-refractivity contribution in [2.45, 2.75) is 69.0 Å². The molecule has 0 spiro atoms. The highest BCUT2D eigenvalue weighted by Crippen LogP contribution is 2.27. The Labute approximate surface area is 277 Å². The van der Waals surface area contributed by atoms with E-state index in [1.165, 1.54) is 18.2 Å². The number of halogens is 1. The number of anilines is 1. The normalized spacial score (nSPS) is 14.3. The van der Waals surface area contributed by atoms with Gasteiger partial charge in [0.15, 0.2) is 0 Å². The number of hydrogen-bond donors (Lipinski definition) is 1. The summed E-state index contributed by atoms with van der Waals surface area (Å²) in [6, 6.07) is 30.9. The molecule has 5 rings (SSSR count). The third-order valence-electron chi connectivity index (χ3n) is 8.53. The Kier molecular flexibility index (Phi) is 11.1. The summed E-state index contributed by atoms with van der Waals surface area (Å²) in [4.78, 5) is 30.4. The van der Waals surface area contributed by atoms with Crippen LogP contribution in [0.5, 0.6) is 0 Å². The number of hydrogen-bond acceptors (Lipinski definition) is 4. The Hall–Kier alpha value is -4.14. The molecule has 1 aliphatic rings. The van der Waals surface area contributed by atoms with Crippen molar-refractivity contribution in [3.8, 4) is 0 Å². The summed E-state index contributed by atoms with van der Waals surface area (Å²) >= 11 is 6.31. The number of amides is 2. The minimum absolute atomic E-state index is 0.0383. The molecular formula is C37H40ClN3O4S. The van der Waals surface area contributed by atoms with Gasteiger partial charge in [0.2, 0.25) is 11.8 Å². The molecule has 0 aromatic heterocycles. The Balaban J connectivity index is 1.56. The SMILES string of the molecule is Cc1ccccc1CN(C(=O)CN(c1cccc(Cl)c1)S(=O)(=O)c1ccccc1)[C@H](Cc1ccccc1)C(=O)NC1CCCCC1. The predicted molar refractivity (Wildman–Crippen MR) is 183 cm³/mol. The molecule has 4 aromatic carbocycles. The molecule has 1 fully saturated rings. The minimum atomic E-state index is -4.18. The van der Waals surface area contributed by atoms with Crippen molar-refractivity contribution in [3.63, 3.8) is 0 Å². The van der Waals surface area contributed by atoms with Crippen molar-refractivity contribution in [3.05, 3.63) is 131 Å². The van der Waals surface area contributed by atoms with Crippen molar-refractivity contribution in [1.82, 2.24) is 10.2 Å². The molecule has 0 unspecified atom stereocenters. The van der Waals surface area contributed by atoms with Crippen LogP contribution >= 0.6 is 11.6 Å². The number of sulfonamides is 1. The number of carbonyl (C=O) groups excluding carboxylic acids is 2. The highest BCUT2D eigenvalue weighted by Gasteiger charge is 2.35. The van der Waals surface area contributed by atoms with Gasteiger partial charge in [0.25, 0.3) is 10.0 Å². The van der Waals surface area contributed by atoms with Crippen molar-refractivity contribution in [2.75, 3.05) is 10.8 Å². The van der Waals surface area contributed by atoms with Crippen LogP contribution < -0.4 is 9.62 Å². The van der Waals surface area contributed by atoms with Gasteiger partial charge in [0.1, 0.15) is 12.6 Å². The number of nitrogens with one attached hydrogen (secondary N) is 1. The topological polar surface area (TPSA) is 86.8 Å². The maximum absolute atomic E-state index is 14.6. The average molecular weight is 658 g/mol. The first-order valence-electron chi connectivity index (χ1n) is 15.7. The monoisotopic (exact) mass is 657 g/mol. The lowest BCUT2D eigenvalue weighted by Crippen LogP contribution is -2.55. The maximum atomic E-state index is 14.6. The molecule has 1 atom stereocenters. The van der Waals surface area contributed by atoms with Crippen molar-refractivity contribution in [2.24, 2.45) is 0 Å². The average Bonchev–Trinajstić information content (AvgIpc) is 3.07. The lowest BCUT2D eigenvalue weighted by atomic mass is 9.94. The molecule has 1 aliphatic carbocycles. The van der Waals surface area contributed by atoms with Gasteiger partial charge in [-0.3, -0.25) is 13.9 Å². The van der Waals surface area contributed by atoms with E-state index >= 15 is 0 Å². The third-order valence-corrected chi connectivity index (χ3v) is 10.6. The quantitative estimate of drug-likeness (QED) is 0.179. The lowest BCUT2D eigenvalue weighted by molar-refractivity contribution is -0.140. The van der Waals surface area contributed by atoms with Crippen LogP contribution in [-0.2, 0) is 32.6 Å². The zero-order valence-corrected chi connectivity index (χ0v) is 27.6. The molecule has 0 heterocycles. The standard InChI is InChI=1S/C37H40ClN3O4S/c1-28-14-11-12-17-30(28)26-40(35(24-29-15-5-2-6-16-29)37(43)39-32-19-7-3-8-20-32)36(42)27-41(33-21-13-18-31(38)25-33)46(44,45)34-22-9-4-10-23-34/h2,4-6,9-18,21-23,25,32,35H,3,7-8,19-20,24,26-27H2,1H3,(H,39,43)/t35-/m1/s1. The molecule has 9 heteroatoms. The molecule has 4 aromatic rings. The molecule has 0 bridgehead atoms. The molecule has 46 heavy (non-hydrogen) atoms. The zero-order chi connectivity index (χ0) is 32.5. The third kappa shape index (κ3) is 8.36. The van der Waals surface area contributed by atoms with Gasteiger partial charge in [0, 0.05) is 24.0 Å².